The van der Waals surface area contributed by atoms with Crippen LogP contribution in [0.25, 0.3) is 10.4 Å². The Bertz CT molecular complexity index is 744. The molecule has 0 fully saturated rings. The van der Waals surface area contributed by atoms with Gasteiger partial charge in [-0.25, -0.2) is 0 Å². The lowest BCUT2D eigenvalue weighted by atomic mass is 9.87. The highest BCUT2D eigenvalue weighted by atomic mass is 16.3. The minimum absolute atomic E-state index is 0.0324. The van der Waals surface area contributed by atoms with Crippen molar-refractivity contribution < 1.29 is 5.11 Å². The maximum atomic E-state index is 10.5. The number of phenolic OH excluding ortho intramolecular Hbond substituents is 1. The van der Waals surface area contributed by atoms with Gasteiger partial charge < -0.3 is 5.11 Å². The van der Waals surface area contributed by atoms with Crippen LogP contribution in [0.5, 0.6) is 5.75 Å². The zero-order valence-corrected chi connectivity index (χ0v) is 16.0. The SMILES string of the molecule is CC(C)N(CC[C@H](c1ccccc1)c1cc(N=[N+]=[N-])ccc1O)C(C)C. The van der Waals surface area contributed by atoms with Crippen molar-refractivity contribution in [3.8, 4) is 5.75 Å². The van der Waals surface area contributed by atoms with Crippen LogP contribution in [-0.4, -0.2) is 28.6 Å². The standard InChI is InChI=1S/C21H28N4O/c1-15(2)25(16(3)4)13-12-19(17-8-6-5-7-9-17)20-14-18(23-24-22)10-11-21(20)26/h5-11,14-16,19,26H,12-13H2,1-4H3/t19-/m1/s1. The van der Waals surface area contributed by atoms with Crippen LogP contribution in [0, 0.1) is 0 Å². The van der Waals surface area contributed by atoms with Gasteiger partial charge in [0.1, 0.15) is 5.75 Å². The quantitative estimate of drug-likeness (QED) is 0.361. The van der Waals surface area contributed by atoms with Gasteiger partial charge in [0.25, 0.3) is 0 Å². The summed E-state index contributed by atoms with van der Waals surface area (Å²) < 4.78 is 0. The van der Waals surface area contributed by atoms with Gasteiger partial charge in [-0.3, -0.25) is 4.90 Å². The fourth-order valence-corrected chi connectivity index (χ4v) is 3.51. The molecule has 0 aliphatic rings. The minimum atomic E-state index is 0.0324. The number of nitrogens with zero attached hydrogens (tertiary/aromatic N) is 4. The van der Waals surface area contributed by atoms with E-state index in [0.29, 0.717) is 17.8 Å². The van der Waals surface area contributed by atoms with Gasteiger partial charge >= 0.3 is 0 Å². The summed E-state index contributed by atoms with van der Waals surface area (Å²) in [6, 6.07) is 16.1. The summed E-state index contributed by atoms with van der Waals surface area (Å²) in [6.07, 6.45) is 0.869. The van der Waals surface area contributed by atoms with E-state index < -0.39 is 0 Å². The van der Waals surface area contributed by atoms with E-state index in [9.17, 15) is 5.11 Å². The lowest BCUT2D eigenvalue weighted by Crippen LogP contribution is -2.38. The molecule has 0 saturated carbocycles. The van der Waals surface area contributed by atoms with Gasteiger partial charge in [-0.05, 0) is 70.0 Å². The first-order valence-electron chi connectivity index (χ1n) is 9.12. The Labute approximate surface area is 155 Å². The molecule has 5 heteroatoms. The number of phenols is 1. The molecule has 0 saturated heterocycles. The fourth-order valence-electron chi connectivity index (χ4n) is 3.51. The summed E-state index contributed by atoms with van der Waals surface area (Å²) in [4.78, 5) is 5.31. The smallest absolute Gasteiger partial charge is 0.119 e. The lowest BCUT2D eigenvalue weighted by Gasteiger charge is -2.32. The third-order valence-corrected chi connectivity index (χ3v) is 4.75. The van der Waals surface area contributed by atoms with Gasteiger partial charge in [0.05, 0.1) is 0 Å². The van der Waals surface area contributed by atoms with Crippen LogP contribution in [0.1, 0.15) is 51.2 Å². The van der Waals surface area contributed by atoms with Gasteiger partial charge in [-0.15, -0.1) is 0 Å². The van der Waals surface area contributed by atoms with Crippen LogP contribution >= 0.6 is 0 Å². The molecule has 1 atom stereocenters. The highest BCUT2D eigenvalue weighted by molar-refractivity contribution is 5.50. The third-order valence-electron chi connectivity index (χ3n) is 4.75. The second-order valence-electron chi connectivity index (χ2n) is 7.11. The monoisotopic (exact) mass is 352 g/mol. The van der Waals surface area contributed by atoms with E-state index in [4.69, 9.17) is 5.53 Å². The Kier molecular flexibility index (Phi) is 7.07. The van der Waals surface area contributed by atoms with Crippen LogP contribution in [0.15, 0.2) is 53.6 Å². The van der Waals surface area contributed by atoms with Gasteiger partial charge in [0.2, 0.25) is 0 Å². The Balaban J connectivity index is 2.39. The van der Waals surface area contributed by atoms with Crippen LogP contribution in [0.2, 0.25) is 0 Å². The number of rotatable bonds is 8. The normalized spacial score (nSPS) is 12.4. The fraction of sp³-hybridized carbons (Fsp3) is 0.429. The largest absolute Gasteiger partial charge is 0.508 e. The summed E-state index contributed by atoms with van der Waals surface area (Å²) >= 11 is 0. The van der Waals surface area contributed by atoms with E-state index in [2.05, 4.69) is 54.8 Å². The first-order chi connectivity index (χ1) is 12.4. The molecule has 5 nitrogen and oxygen atoms in total. The van der Waals surface area contributed by atoms with E-state index in [0.717, 1.165) is 24.1 Å². The molecular formula is C21H28N4O. The van der Waals surface area contributed by atoms with Crippen LogP contribution in [0.3, 0.4) is 0 Å². The highest BCUT2D eigenvalue weighted by Gasteiger charge is 2.21. The van der Waals surface area contributed by atoms with Crippen molar-refractivity contribution in [2.45, 2.75) is 52.1 Å². The zero-order chi connectivity index (χ0) is 19.1. The molecule has 26 heavy (non-hydrogen) atoms. The second-order valence-corrected chi connectivity index (χ2v) is 7.11. The molecule has 0 heterocycles. The number of hydrogen-bond donors (Lipinski definition) is 1. The molecular weight excluding hydrogens is 324 g/mol. The van der Waals surface area contributed by atoms with E-state index in [-0.39, 0.29) is 11.7 Å². The van der Waals surface area contributed by atoms with Crippen molar-refractivity contribution in [3.05, 3.63) is 70.1 Å². The molecule has 2 rings (SSSR count). The van der Waals surface area contributed by atoms with E-state index in [1.54, 1.807) is 18.2 Å². The van der Waals surface area contributed by atoms with E-state index in [1.807, 2.05) is 18.2 Å². The molecule has 0 aliphatic heterocycles. The third kappa shape index (κ3) is 5.01. The number of aromatic hydroxyl groups is 1. The van der Waals surface area contributed by atoms with E-state index >= 15 is 0 Å². The summed E-state index contributed by atoms with van der Waals surface area (Å²) in [5.41, 5.74) is 11.2. The van der Waals surface area contributed by atoms with Crippen molar-refractivity contribution in [3.63, 3.8) is 0 Å². The Morgan fingerprint density at radius 2 is 1.69 bits per heavy atom. The zero-order valence-electron chi connectivity index (χ0n) is 16.0. The summed E-state index contributed by atoms with van der Waals surface area (Å²) in [6.45, 7) is 9.74. The molecule has 1 N–H and O–H groups in total. The van der Waals surface area contributed by atoms with Crippen LogP contribution < -0.4 is 0 Å². The Morgan fingerprint density at radius 3 is 2.27 bits per heavy atom. The summed E-state index contributed by atoms with van der Waals surface area (Å²) in [7, 11) is 0. The molecule has 2 aromatic carbocycles. The molecule has 0 radical (unpaired) electrons. The molecule has 0 amide bonds. The average molecular weight is 352 g/mol. The number of hydrogen-bond acceptors (Lipinski definition) is 3. The van der Waals surface area contributed by atoms with Gasteiger partial charge in [0, 0.05) is 34.2 Å². The minimum Gasteiger partial charge on any atom is -0.508 e. The van der Waals surface area contributed by atoms with Crippen LogP contribution in [-0.2, 0) is 0 Å². The molecule has 0 unspecified atom stereocenters. The predicted molar refractivity (Wildman–Crippen MR) is 107 cm³/mol. The van der Waals surface area contributed by atoms with Crippen molar-refractivity contribution in [1.82, 2.24) is 4.90 Å². The average Bonchev–Trinajstić information content (AvgIpc) is 2.61. The van der Waals surface area contributed by atoms with Crippen molar-refractivity contribution in [1.29, 1.82) is 0 Å². The maximum Gasteiger partial charge on any atom is 0.119 e. The first kappa shape index (κ1) is 19.8. The Morgan fingerprint density at radius 1 is 1.04 bits per heavy atom. The highest BCUT2D eigenvalue weighted by Crippen LogP contribution is 2.36. The molecule has 138 valence electrons. The van der Waals surface area contributed by atoms with E-state index in [1.165, 1.54) is 0 Å². The maximum absolute atomic E-state index is 10.5. The number of benzene rings is 2. The molecule has 0 aliphatic carbocycles. The Hall–Kier alpha value is -2.49. The van der Waals surface area contributed by atoms with Crippen LogP contribution in [0.4, 0.5) is 5.69 Å². The molecule has 2 aromatic rings. The first-order valence-corrected chi connectivity index (χ1v) is 9.12. The topological polar surface area (TPSA) is 72.2 Å². The lowest BCUT2D eigenvalue weighted by molar-refractivity contribution is 0.170. The second kappa shape index (κ2) is 9.27. The van der Waals surface area contributed by atoms with Crippen molar-refractivity contribution >= 4 is 5.69 Å². The molecule has 0 spiro atoms. The van der Waals surface area contributed by atoms with Crippen molar-refractivity contribution in [2.75, 3.05) is 6.54 Å². The van der Waals surface area contributed by atoms with Gasteiger partial charge in [-0.1, -0.05) is 35.4 Å². The molecule has 0 aromatic heterocycles. The van der Waals surface area contributed by atoms with Crippen molar-refractivity contribution in [2.24, 2.45) is 5.11 Å². The molecule has 0 bridgehead atoms. The predicted octanol–water partition coefficient (Wildman–Crippen LogP) is 5.97. The van der Waals surface area contributed by atoms with Gasteiger partial charge in [0.15, 0.2) is 0 Å². The number of azide groups is 1. The summed E-state index contributed by atoms with van der Waals surface area (Å²) in [5.74, 6) is 0.265. The van der Waals surface area contributed by atoms with Gasteiger partial charge in [-0.2, -0.15) is 0 Å². The summed E-state index contributed by atoms with van der Waals surface area (Å²) in [5, 5.41) is 14.2.